The zero-order valence-corrected chi connectivity index (χ0v) is 19.1. The van der Waals surface area contributed by atoms with Gasteiger partial charge in [-0.15, -0.1) is 0 Å². The van der Waals surface area contributed by atoms with E-state index in [1.165, 1.54) is 0 Å². The van der Waals surface area contributed by atoms with Crippen LogP contribution in [0, 0.1) is 0 Å². The minimum atomic E-state index is -3.73. The van der Waals surface area contributed by atoms with Crippen molar-refractivity contribution in [3.8, 4) is 11.5 Å². The summed E-state index contributed by atoms with van der Waals surface area (Å²) in [6, 6.07) is 3.69. The SMILES string of the molecule is COCOc1cc2c(N3CCN(C(C)(C)CNS(N)(=O)=O)CC3)ncnc2cc1OC. The number of nitrogens with zero attached hydrogens (tertiary/aromatic N) is 4. The van der Waals surface area contributed by atoms with Gasteiger partial charge in [-0.1, -0.05) is 0 Å². The maximum Gasteiger partial charge on any atom is 0.274 e. The fourth-order valence-corrected chi connectivity index (χ4v) is 4.16. The number of piperazine rings is 1. The lowest BCUT2D eigenvalue weighted by Gasteiger charge is -2.44. The molecule has 3 rings (SSSR count). The van der Waals surface area contributed by atoms with E-state index in [0.717, 1.165) is 42.9 Å². The number of ether oxygens (including phenoxy) is 3. The van der Waals surface area contributed by atoms with Gasteiger partial charge in [-0.25, -0.2) is 19.8 Å². The summed E-state index contributed by atoms with van der Waals surface area (Å²) in [5.41, 5.74) is 0.382. The maximum absolute atomic E-state index is 11.3. The van der Waals surface area contributed by atoms with Gasteiger partial charge in [-0.3, -0.25) is 4.90 Å². The Morgan fingerprint density at radius 1 is 1.13 bits per heavy atom. The maximum atomic E-state index is 11.3. The molecule has 0 saturated carbocycles. The summed E-state index contributed by atoms with van der Waals surface area (Å²) >= 11 is 0. The number of hydrogen-bond acceptors (Lipinski definition) is 9. The van der Waals surface area contributed by atoms with Gasteiger partial charge in [0.15, 0.2) is 18.3 Å². The van der Waals surface area contributed by atoms with Crippen molar-refractivity contribution in [2.24, 2.45) is 5.14 Å². The molecular formula is C19H30N6O5S. The number of methoxy groups -OCH3 is 2. The highest BCUT2D eigenvalue weighted by atomic mass is 32.2. The minimum Gasteiger partial charge on any atom is -0.493 e. The van der Waals surface area contributed by atoms with Crippen molar-refractivity contribution in [2.75, 3.05) is 58.6 Å². The largest absolute Gasteiger partial charge is 0.493 e. The first-order valence-electron chi connectivity index (χ1n) is 9.86. The topological polar surface area (TPSA) is 132 Å². The van der Waals surface area contributed by atoms with E-state index in [0.29, 0.717) is 11.5 Å². The van der Waals surface area contributed by atoms with E-state index < -0.39 is 10.2 Å². The van der Waals surface area contributed by atoms with Crippen LogP contribution in [0.25, 0.3) is 10.9 Å². The summed E-state index contributed by atoms with van der Waals surface area (Å²) < 4.78 is 41.0. The highest BCUT2D eigenvalue weighted by Crippen LogP contribution is 2.35. The van der Waals surface area contributed by atoms with Gasteiger partial charge in [-0.05, 0) is 19.9 Å². The molecule has 0 spiro atoms. The average Bonchev–Trinajstić information content (AvgIpc) is 2.75. The molecule has 0 atom stereocenters. The van der Waals surface area contributed by atoms with Crippen molar-refractivity contribution >= 4 is 26.9 Å². The molecule has 172 valence electrons. The van der Waals surface area contributed by atoms with Crippen molar-refractivity contribution in [3.05, 3.63) is 18.5 Å². The van der Waals surface area contributed by atoms with Crippen molar-refractivity contribution in [2.45, 2.75) is 19.4 Å². The van der Waals surface area contributed by atoms with Gasteiger partial charge in [0.2, 0.25) is 0 Å². The Bertz CT molecular complexity index is 1010. The van der Waals surface area contributed by atoms with Crippen LogP contribution in [0.5, 0.6) is 11.5 Å². The molecule has 12 heteroatoms. The van der Waals surface area contributed by atoms with Crippen LogP contribution < -0.4 is 24.2 Å². The zero-order chi connectivity index (χ0) is 22.6. The predicted molar refractivity (Wildman–Crippen MR) is 118 cm³/mol. The van der Waals surface area contributed by atoms with Gasteiger partial charge in [0.25, 0.3) is 10.2 Å². The normalized spacial score (nSPS) is 16.0. The van der Waals surface area contributed by atoms with Crippen molar-refractivity contribution < 1.29 is 22.6 Å². The quantitative estimate of drug-likeness (QED) is 0.514. The summed E-state index contributed by atoms with van der Waals surface area (Å²) in [5, 5.41) is 5.94. The molecule has 1 saturated heterocycles. The molecule has 0 amide bonds. The van der Waals surface area contributed by atoms with Gasteiger partial charge >= 0.3 is 0 Å². The van der Waals surface area contributed by atoms with Crippen molar-refractivity contribution in [1.29, 1.82) is 0 Å². The number of rotatable bonds is 9. The smallest absolute Gasteiger partial charge is 0.274 e. The second kappa shape index (κ2) is 9.49. The standard InChI is InChI=1S/C19H30N6O5S/c1-19(2,11-23-31(20,26)27)25-7-5-24(6-8-25)18-14-9-17(30-13-28-3)16(29-4)10-15(14)21-12-22-18/h9-10,12,23H,5-8,11,13H2,1-4H3,(H2,20,26,27). The first-order chi connectivity index (χ1) is 14.6. The summed E-state index contributed by atoms with van der Waals surface area (Å²) in [6.45, 7) is 7.27. The average molecular weight is 455 g/mol. The molecule has 1 aliphatic heterocycles. The molecule has 11 nitrogen and oxygen atoms in total. The first kappa shape index (κ1) is 23.4. The first-order valence-corrected chi connectivity index (χ1v) is 11.4. The minimum absolute atomic E-state index is 0.102. The number of anilines is 1. The van der Waals surface area contributed by atoms with Gasteiger partial charge in [0.1, 0.15) is 12.1 Å². The Morgan fingerprint density at radius 2 is 1.84 bits per heavy atom. The molecule has 2 aromatic rings. The number of nitrogens with one attached hydrogen (secondary N) is 1. The van der Waals surface area contributed by atoms with Crippen LogP contribution >= 0.6 is 0 Å². The Kier molecular flexibility index (Phi) is 7.17. The third kappa shape index (κ3) is 5.71. The number of nitrogens with two attached hydrogens (primary N) is 1. The molecule has 3 N–H and O–H groups in total. The highest BCUT2D eigenvalue weighted by Gasteiger charge is 2.31. The molecule has 0 radical (unpaired) electrons. The van der Waals surface area contributed by atoms with Gasteiger partial charge < -0.3 is 19.1 Å². The van der Waals surface area contributed by atoms with E-state index in [9.17, 15) is 8.42 Å². The van der Waals surface area contributed by atoms with E-state index in [-0.39, 0.29) is 18.9 Å². The number of hydrogen-bond donors (Lipinski definition) is 2. The van der Waals surface area contributed by atoms with E-state index in [1.807, 2.05) is 26.0 Å². The molecule has 0 aliphatic carbocycles. The van der Waals surface area contributed by atoms with Crippen LogP contribution in [0.1, 0.15) is 13.8 Å². The van der Waals surface area contributed by atoms with E-state index in [1.54, 1.807) is 20.5 Å². The number of benzene rings is 1. The lowest BCUT2D eigenvalue weighted by molar-refractivity contribution is 0.0493. The highest BCUT2D eigenvalue weighted by molar-refractivity contribution is 7.87. The molecule has 1 aromatic heterocycles. The molecule has 1 fully saturated rings. The lowest BCUT2D eigenvalue weighted by atomic mass is 10.0. The molecule has 0 unspecified atom stereocenters. The Hall–Kier alpha value is -2.25. The lowest BCUT2D eigenvalue weighted by Crippen LogP contribution is -2.59. The van der Waals surface area contributed by atoms with Crippen LogP contribution in [0.15, 0.2) is 18.5 Å². The number of aromatic nitrogens is 2. The van der Waals surface area contributed by atoms with Gasteiger partial charge in [0.05, 0.1) is 12.6 Å². The third-order valence-corrected chi connectivity index (χ3v) is 5.92. The fraction of sp³-hybridized carbons (Fsp3) is 0.579. The monoisotopic (exact) mass is 454 g/mol. The molecule has 0 bridgehead atoms. The summed E-state index contributed by atoms with van der Waals surface area (Å²) in [5.74, 6) is 1.94. The molecular weight excluding hydrogens is 424 g/mol. The summed E-state index contributed by atoms with van der Waals surface area (Å²) in [7, 11) is -0.591. The van der Waals surface area contributed by atoms with E-state index in [4.69, 9.17) is 19.3 Å². The fourth-order valence-electron chi connectivity index (χ4n) is 3.61. The van der Waals surface area contributed by atoms with Gasteiger partial charge in [-0.2, -0.15) is 8.42 Å². The predicted octanol–water partition coefficient (Wildman–Crippen LogP) is 0.315. The van der Waals surface area contributed by atoms with Crippen LogP contribution in [0.2, 0.25) is 0 Å². The Labute approximate surface area is 182 Å². The Morgan fingerprint density at radius 3 is 2.45 bits per heavy atom. The van der Waals surface area contributed by atoms with Crippen LogP contribution in [0.3, 0.4) is 0 Å². The zero-order valence-electron chi connectivity index (χ0n) is 18.3. The molecule has 1 aromatic carbocycles. The van der Waals surface area contributed by atoms with Crippen molar-refractivity contribution in [1.82, 2.24) is 19.6 Å². The third-order valence-electron chi connectivity index (χ3n) is 5.37. The van der Waals surface area contributed by atoms with Crippen LogP contribution in [-0.2, 0) is 14.9 Å². The second-order valence-corrected chi connectivity index (χ2v) is 9.30. The molecule has 1 aliphatic rings. The molecule has 31 heavy (non-hydrogen) atoms. The summed E-state index contributed by atoms with van der Waals surface area (Å²) in [4.78, 5) is 13.3. The van der Waals surface area contributed by atoms with E-state index >= 15 is 0 Å². The van der Waals surface area contributed by atoms with Crippen LogP contribution in [-0.4, -0.2) is 82.6 Å². The van der Waals surface area contributed by atoms with Crippen molar-refractivity contribution in [3.63, 3.8) is 0 Å². The van der Waals surface area contributed by atoms with E-state index in [2.05, 4.69) is 24.5 Å². The van der Waals surface area contributed by atoms with Crippen LogP contribution in [0.4, 0.5) is 5.82 Å². The second-order valence-electron chi connectivity index (χ2n) is 7.92. The Balaban J connectivity index is 1.79. The number of fused-ring (bicyclic) bond motifs is 1. The summed E-state index contributed by atoms with van der Waals surface area (Å²) in [6.07, 6.45) is 1.54. The molecule has 2 heterocycles. The van der Waals surface area contributed by atoms with Gasteiger partial charge in [0, 0.05) is 56.8 Å².